The molecular formula is C12H26N2O. The first-order chi connectivity index (χ1) is 7.13. The molecule has 3 nitrogen and oxygen atoms in total. The largest absolute Gasteiger partial charge is 0.373 e. The molecule has 1 rings (SSSR count). The van der Waals surface area contributed by atoms with Crippen molar-refractivity contribution < 1.29 is 4.74 Å². The second kappa shape index (κ2) is 6.46. The minimum Gasteiger partial charge on any atom is -0.373 e. The van der Waals surface area contributed by atoms with Crippen molar-refractivity contribution in [2.45, 2.75) is 38.9 Å². The number of hydrogen-bond acceptors (Lipinski definition) is 3. The summed E-state index contributed by atoms with van der Waals surface area (Å²) >= 11 is 0. The van der Waals surface area contributed by atoms with Gasteiger partial charge in [-0.3, -0.25) is 0 Å². The van der Waals surface area contributed by atoms with Gasteiger partial charge in [-0.15, -0.1) is 0 Å². The molecule has 1 unspecified atom stereocenters. The zero-order valence-corrected chi connectivity index (χ0v) is 10.6. The number of likely N-dealkylation sites (N-methyl/N-ethyl adjacent to an activating group) is 1. The van der Waals surface area contributed by atoms with Gasteiger partial charge in [0.05, 0.1) is 12.2 Å². The van der Waals surface area contributed by atoms with Crippen LogP contribution < -0.4 is 5.32 Å². The molecule has 0 bridgehead atoms. The van der Waals surface area contributed by atoms with Crippen molar-refractivity contribution >= 4 is 0 Å². The molecule has 1 atom stereocenters. The molecule has 0 spiro atoms. The predicted octanol–water partition coefficient (Wildman–Crippen LogP) is 1.34. The molecule has 0 aromatic carbocycles. The second-order valence-corrected chi connectivity index (χ2v) is 4.98. The molecule has 3 heteroatoms. The minimum atomic E-state index is 0.364. The van der Waals surface area contributed by atoms with Crippen molar-refractivity contribution in [3.63, 3.8) is 0 Å². The maximum absolute atomic E-state index is 6.15. The topological polar surface area (TPSA) is 24.5 Å². The molecule has 90 valence electrons. The Hall–Kier alpha value is -0.120. The van der Waals surface area contributed by atoms with Crippen molar-refractivity contribution in [1.29, 1.82) is 0 Å². The SMILES string of the molecule is CNCC(OC1CCN(C)CC1)C(C)C. The standard InChI is InChI=1S/C12H26N2O/c1-10(2)12(9-13-3)15-11-5-7-14(4)8-6-11/h10-13H,5-9H2,1-4H3. The van der Waals surface area contributed by atoms with Crippen LogP contribution in [0.5, 0.6) is 0 Å². The highest BCUT2D eigenvalue weighted by Crippen LogP contribution is 2.17. The summed E-state index contributed by atoms with van der Waals surface area (Å²) in [6, 6.07) is 0. The smallest absolute Gasteiger partial charge is 0.0725 e. The molecule has 1 aliphatic heterocycles. The van der Waals surface area contributed by atoms with E-state index in [0.29, 0.717) is 18.1 Å². The summed E-state index contributed by atoms with van der Waals surface area (Å²) in [6.45, 7) is 7.78. The molecule has 0 aliphatic carbocycles. The van der Waals surface area contributed by atoms with Gasteiger partial charge in [0.15, 0.2) is 0 Å². The summed E-state index contributed by atoms with van der Waals surface area (Å²) in [5.41, 5.74) is 0. The van der Waals surface area contributed by atoms with E-state index in [2.05, 4.69) is 31.1 Å². The van der Waals surface area contributed by atoms with Crippen LogP contribution in [0.4, 0.5) is 0 Å². The Morgan fingerprint density at radius 1 is 1.33 bits per heavy atom. The van der Waals surface area contributed by atoms with Crippen LogP contribution in [0.15, 0.2) is 0 Å². The third-order valence-electron chi connectivity index (χ3n) is 3.18. The van der Waals surface area contributed by atoms with Gasteiger partial charge >= 0.3 is 0 Å². The molecule has 1 fully saturated rings. The van der Waals surface area contributed by atoms with Crippen LogP contribution in [0.3, 0.4) is 0 Å². The lowest BCUT2D eigenvalue weighted by molar-refractivity contribution is -0.0566. The fraction of sp³-hybridized carbons (Fsp3) is 1.00. The van der Waals surface area contributed by atoms with Crippen molar-refractivity contribution in [3.8, 4) is 0 Å². The lowest BCUT2D eigenvalue weighted by Crippen LogP contribution is -2.40. The van der Waals surface area contributed by atoms with Gasteiger partial charge in [0.25, 0.3) is 0 Å². The van der Waals surface area contributed by atoms with E-state index < -0.39 is 0 Å². The molecular weight excluding hydrogens is 188 g/mol. The van der Waals surface area contributed by atoms with Crippen LogP contribution in [-0.4, -0.2) is 50.8 Å². The molecule has 0 aromatic rings. The van der Waals surface area contributed by atoms with Crippen molar-refractivity contribution in [3.05, 3.63) is 0 Å². The predicted molar refractivity (Wildman–Crippen MR) is 64.2 cm³/mol. The summed E-state index contributed by atoms with van der Waals surface area (Å²) < 4.78 is 6.15. The molecule has 0 radical (unpaired) electrons. The lowest BCUT2D eigenvalue weighted by atomic mass is 10.0. The Balaban J connectivity index is 2.31. The van der Waals surface area contributed by atoms with E-state index in [0.717, 1.165) is 6.54 Å². The summed E-state index contributed by atoms with van der Waals surface area (Å²) in [4.78, 5) is 2.38. The number of ether oxygens (including phenoxy) is 1. The summed E-state index contributed by atoms with van der Waals surface area (Å²) in [5.74, 6) is 0.595. The van der Waals surface area contributed by atoms with Crippen molar-refractivity contribution in [2.75, 3.05) is 33.7 Å². The number of piperidine rings is 1. The Morgan fingerprint density at radius 2 is 1.93 bits per heavy atom. The maximum atomic E-state index is 6.15. The number of likely N-dealkylation sites (tertiary alicyclic amines) is 1. The first kappa shape index (κ1) is 12.9. The quantitative estimate of drug-likeness (QED) is 0.747. The summed E-state index contributed by atoms with van der Waals surface area (Å²) in [6.07, 6.45) is 3.21. The first-order valence-electron chi connectivity index (χ1n) is 6.12. The van der Waals surface area contributed by atoms with Gasteiger partial charge in [-0.05, 0) is 32.9 Å². The Bertz CT molecular complexity index is 165. The molecule has 0 amide bonds. The Labute approximate surface area is 94.2 Å². The molecule has 0 aromatic heterocycles. The van der Waals surface area contributed by atoms with Gasteiger partial charge < -0.3 is 15.0 Å². The second-order valence-electron chi connectivity index (χ2n) is 4.98. The van der Waals surface area contributed by atoms with Gasteiger partial charge in [-0.1, -0.05) is 13.8 Å². The first-order valence-corrected chi connectivity index (χ1v) is 6.12. The molecule has 1 heterocycles. The fourth-order valence-electron chi connectivity index (χ4n) is 2.01. The fourth-order valence-corrected chi connectivity index (χ4v) is 2.01. The lowest BCUT2D eigenvalue weighted by Gasteiger charge is -2.33. The highest BCUT2D eigenvalue weighted by atomic mass is 16.5. The van der Waals surface area contributed by atoms with Crippen LogP contribution in [-0.2, 0) is 4.74 Å². The highest BCUT2D eigenvalue weighted by molar-refractivity contribution is 4.74. The number of nitrogens with one attached hydrogen (secondary N) is 1. The molecule has 0 saturated carbocycles. The van der Waals surface area contributed by atoms with Crippen molar-refractivity contribution in [2.24, 2.45) is 5.92 Å². The van der Waals surface area contributed by atoms with E-state index in [1.54, 1.807) is 0 Å². The zero-order valence-electron chi connectivity index (χ0n) is 10.6. The minimum absolute atomic E-state index is 0.364. The monoisotopic (exact) mass is 214 g/mol. The molecule has 1 N–H and O–H groups in total. The summed E-state index contributed by atoms with van der Waals surface area (Å²) in [7, 11) is 4.18. The Morgan fingerprint density at radius 3 is 2.40 bits per heavy atom. The number of nitrogens with zero attached hydrogens (tertiary/aromatic N) is 1. The normalized spacial score (nSPS) is 22.2. The highest BCUT2D eigenvalue weighted by Gasteiger charge is 2.22. The van der Waals surface area contributed by atoms with E-state index in [4.69, 9.17) is 4.74 Å². The van der Waals surface area contributed by atoms with Gasteiger partial charge in [0.2, 0.25) is 0 Å². The average Bonchev–Trinajstić information content (AvgIpc) is 2.20. The van der Waals surface area contributed by atoms with Gasteiger partial charge in [-0.25, -0.2) is 0 Å². The molecule has 1 saturated heterocycles. The maximum Gasteiger partial charge on any atom is 0.0725 e. The van der Waals surface area contributed by atoms with Crippen LogP contribution in [0.1, 0.15) is 26.7 Å². The number of hydrogen-bond donors (Lipinski definition) is 1. The van der Waals surface area contributed by atoms with Gasteiger partial charge in [0, 0.05) is 19.6 Å². The van der Waals surface area contributed by atoms with E-state index >= 15 is 0 Å². The van der Waals surface area contributed by atoms with Gasteiger partial charge in [-0.2, -0.15) is 0 Å². The van der Waals surface area contributed by atoms with Crippen LogP contribution in [0, 0.1) is 5.92 Å². The van der Waals surface area contributed by atoms with Crippen LogP contribution in [0.25, 0.3) is 0 Å². The van der Waals surface area contributed by atoms with Gasteiger partial charge in [0.1, 0.15) is 0 Å². The van der Waals surface area contributed by atoms with E-state index in [-0.39, 0.29) is 0 Å². The number of rotatable bonds is 5. The van der Waals surface area contributed by atoms with E-state index in [9.17, 15) is 0 Å². The third kappa shape index (κ3) is 4.49. The third-order valence-corrected chi connectivity index (χ3v) is 3.18. The average molecular weight is 214 g/mol. The molecule has 15 heavy (non-hydrogen) atoms. The van der Waals surface area contributed by atoms with Crippen LogP contribution >= 0.6 is 0 Å². The summed E-state index contributed by atoms with van der Waals surface area (Å²) in [5, 5.41) is 3.21. The Kier molecular flexibility index (Phi) is 5.58. The van der Waals surface area contributed by atoms with Crippen LogP contribution in [0.2, 0.25) is 0 Å². The zero-order chi connectivity index (χ0) is 11.3. The van der Waals surface area contributed by atoms with Crippen molar-refractivity contribution in [1.82, 2.24) is 10.2 Å². The van der Waals surface area contributed by atoms with E-state index in [1.165, 1.54) is 25.9 Å². The molecule has 1 aliphatic rings. The van der Waals surface area contributed by atoms with E-state index in [1.807, 2.05) is 7.05 Å².